The minimum atomic E-state index is -0.663. The molecule has 0 radical (unpaired) electrons. The van der Waals surface area contributed by atoms with Crippen LogP contribution in [0.3, 0.4) is 0 Å². The van der Waals surface area contributed by atoms with Crippen molar-refractivity contribution in [2.45, 2.75) is 88.1 Å². The minimum absolute atomic E-state index is 0.00909. The first-order valence-electron chi connectivity index (χ1n) is 18.3. The van der Waals surface area contributed by atoms with Crippen LogP contribution in [0.4, 0.5) is 4.79 Å². The lowest BCUT2D eigenvalue weighted by molar-refractivity contribution is -0.135. The Morgan fingerprint density at radius 1 is 0.875 bits per heavy atom. The lowest BCUT2D eigenvalue weighted by Gasteiger charge is -2.43. The van der Waals surface area contributed by atoms with Crippen molar-refractivity contribution in [1.29, 1.82) is 0 Å². The summed E-state index contributed by atoms with van der Waals surface area (Å²) in [6, 6.07) is 6.09. The molecule has 8 rings (SSSR count). The number of carbonyl (C=O) groups excluding carboxylic acids is 2. The Morgan fingerprint density at radius 2 is 1.62 bits per heavy atom. The highest BCUT2D eigenvalue weighted by Crippen LogP contribution is 2.52. The fourth-order valence-electron chi connectivity index (χ4n) is 9.47. The molecule has 11 heteroatoms. The van der Waals surface area contributed by atoms with Crippen LogP contribution in [0.15, 0.2) is 29.2 Å². The number of aromatic amines is 2. The highest BCUT2D eigenvalue weighted by atomic mass is 16.2. The third-order valence-corrected chi connectivity index (χ3v) is 12.3. The third-order valence-electron chi connectivity index (χ3n) is 12.3. The van der Waals surface area contributed by atoms with Gasteiger partial charge in [-0.3, -0.25) is 19.6 Å². The summed E-state index contributed by atoms with van der Waals surface area (Å²) in [4.78, 5) is 53.1. The molecule has 11 nitrogen and oxygen atoms in total. The van der Waals surface area contributed by atoms with Gasteiger partial charge in [-0.05, 0) is 119 Å². The molecule has 0 spiro atoms. The number of likely N-dealkylation sites (tertiary alicyclic amines) is 2. The van der Waals surface area contributed by atoms with Gasteiger partial charge < -0.3 is 25.0 Å². The number of rotatable bonds is 6. The lowest BCUT2D eigenvalue weighted by atomic mass is 9.87. The number of benzene rings is 1. The molecule has 2 aromatic heterocycles. The fourth-order valence-corrected chi connectivity index (χ4v) is 9.47. The highest BCUT2D eigenvalue weighted by molar-refractivity contribution is 5.88. The Hall–Kier alpha value is -3.70. The van der Waals surface area contributed by atoms with E-state index in [0.717, 1.165) is 66.6 Å². The van der Waals surface area contributed by atoms with Crippen molar-refractivity contribution in [2.75, 3.05) is 59.4 Å². The number of hydrogen-bond acceptors (Lipinski definition) is 6. The Labute approximate surface area is 282 Å². The second-order valence-electron chi connectivity index (χ2n) is 15.2. The number of pyridine rings is 1. The topological polar surface area (TPSA) is 121 Å². The zero-order valence-electron chi connectivity index (χ0n) is 28.5. The van der Waals surface area contributed by atoms with Gasteiger partial charge in [-0.15, -0.1) is 0 Å². The van der Waals surface area contributed by atoms with Gasteiger partial charge in [0, 0.05) is 68.4 Å². The molecule has 3 atom stereocenters. The number of nitrogens with one attached hydrogen (secondary N) is 3. The molecule has 3 aliphatic heterocycles. The molecular weight excluding hydrogens is 604 g/mol. The van der Waals surface area contributed by atoms with Crippen molar-refractivity contribution in [3.8, 4) is 0 Å². The smallest absolute Gasteiger partial charge is 0.318 e. The molecule has 5 heterocycles. The number of H-pyrrole nitrogens is 2. The van der Waals surface area contributed by atoms with Gasteiger partial charge in [-0.25, -0.2) is 4.79 Å². The molecule has 1 saturated carbocycles. The van der Waals surface area contributed by atoms with Crippen molar-refractivity contribution in [3.05, 3.63) is 62.7 Å². The molecule has 5 aliphatic rings. The SMILES string of the molecule is Cc1cc(C[C@@H](NC(=O)N2CCC(c3cc4c([nH]c3=O)C3CCC4C3)CC2)C(=O)N2CCN(C3CCN(C)CC3)CC2)cc2cn[nH]c12. The number of hydrogen-bond donors (Lipinski definition) is 3. The standard InChI is InChI=1S/C37H50N8O3/c1-23-17-24(18-28-22-38-41-33(23)28)19-32(36(47)44-15-13-43(14-16-44)29-7-9-42(2)10-8-29)39-37(48)45-11-5-25(6-12-45)31-21-30-26-3-4-27(20-26)34(30)40-35(31)46/h17-18,21-22,25-27,29,32H,3-16,19-20H2,1-2H3,(H,38,41)(H,39,48)(H,40,46)/t26?,27?,32-/m1/s1. The normalized spacial score (nSPS) is 24.7. The molecule has 3 aromatic rings. The molecule has 256 valence electrons. The zero-order chi connectivity index (χ0) is 32.9. The molecular formula is C37H50N8O3. The van der Waals surface area contributed by atoms with Crippen molar-refractivity contribution in [2.24, 2.45) is 0 Å². The van der Waals surface area contributed by atoms with Crippen LogP contribution in [0.2, 0.25) is 0 Å². The number of fused-ring (bicyclic) bond motifs is 6. The van der Waals surface area contributed by atoms with Crippen LogP contribution in [-0.2, 0) is 11.2 Å². The second kappa shape index (κ2) is 13.0. The highest BCUT2D eigenvalue weighted by Gasteiger charge is 2.39. The summed E-state index contributed by atoms with van der Waals surface area (Å²) >= 11 is 0. The van der Waals surface area contributed by atoms with Crippen LogP contribution in [0.5, 0.6) is 0 Å². The Kier molecular flexibility index (Phi) is 8.53. The predicted octanol–water partition coefficient (Wildman–Crippen LogP) is 3.66. The summed E-state index contributed by atoms with van der Waals surface area (Å²) in [5.74, 6) is 1.26. The summed E-state index contributed by atoms with van der Waals surface area (Å²) in [5, 5.41) is 11.4. The Morgan fingerprint density at radius 3 is 2.40 bits per heavy atom. The van der Waals surface area contributed by atoms with Crippen LogP contribution in [0.25, 0.3) is 10.9 Å². The van der Waals surface area contributed by atoms with Crippen molar-refractivity contribution in [1.82, 2.24) is 40.1 Å². The number of piperidine rings is 2. The molecule has 1 aromatic carbocycles. The van der Waals surface area contributed by atoms with Gasteiger partial charge in [-0.1, -0.05) is 6.07 Å². The number of aromatic nitrogens is 3. The molecule has 2 bridgehead atoms. The third kappa shape index (κ3) is 6.04. The van der Waals surface area contributed by atoms with Gasteiger partial charge in [0.1, 0.15) is 6.04 Å². The number of nitrogens with zero attached hydrogens (tertiary/aromatic N) is 5. The zero-order valence-corrected chi connectivity index (χ0v) is 28.5. The molecule has 2 aliphatic carbocycles. The average molecular weight is 655 g/mol. The maximum Gasteiger partial charge on any atom is 0.318 e. The largest absolute Gasteiger partial charge is 0.338 e. The molecule has 2 unspecified atom stereocenters. The van der Waals surface area contributed by atoms with Crippen LogP contribution in [-0.4, -0.2) is 118 Å². The summed E-state index contributed by atoms with van der Waals surface area (Å²) in [6.45, 7) is 8.53. The number of carbonyl (C=O) groups is 2. The van der Waals surface area contributed by atoms with Gasteiger partial charge in [0.15, 0.2) is 0 Å². The van der Waals surface area contributed by atoms with Gasteiger partial charge in [-0.2, -0.15) is 5.10 Å². The van der Waals surface area contributed by atoms with Crippen LogP contribution >= 0.6 is 0 Å². The first-order chi connectivity index (χ1) is 23.3. The maximum absolute atomic E-state index is 14.2. The Balaban J connectivity index is 0.939. The second-order valence-corrected chi connectivity index (χ2v) is 15.2. The number of aryl methyl sites for hydroxylation is 1. The van der Waals surface area contributed by atoms with E-state index < -0.39 is 6.04 Å². The molecule has 3 amide bonds. The van der Waals surface area contributed by atoms with E-state index in [2.05, 4.69) is 55.5 Å². The van der Waals surface area contributed by atoms with E-state index in [9.17, 15) is 14.4 Å². The quantitative estimate of drug-likeness (QED) is 0.373. The average Bonchev–Trinajstić information content (AvgIpc) is 3.86. The number of urea groups is 1. The summed E-state index contributed by atoms with van der Waals surface area (Å²) < 4.78 is 0. The van der Waals surface area contributed by atoms with E-state index in [1.165, 1.54) is 43.4 Å². The van der Waals surface area contributed by atoms with E-state index >= 15 is 0 Å². The molecule has 3 N–H and O–H groups in total. The Bertz CT molecular complexity index is 1730. The van der Waals surface area contributed by atoms with E-state index in [-0.39, 0.29) is 23.4 Å². The lowest BCUT2D eigenvalue weighted by Crippen LogP contribution is -2.59. The minimum Gasteiger partial charge on any atom is -0.338 e. The van der Waals surface area contributed by atoms with E-state index in [0.29, 0.717) is 50.5 Å². The van der Waals surface area contributed by atoms with Crippen LogP contribution in [0, 0.1) is 6.92 Å². The maximum atomic E-state index is 14.2. The predicted molar refractivity (Wildman–Crippen MR) is 185 cm³/mol. The molecule has 3 saturated heterocycles. The van der Waals surface area contributed by atoms with Crippen molar-refractivity contribution >= 4 is 22.8 Å². The van der Waals surface area contributed by atoms with Gasteiger partial charge in [0.2, 0.25) is 5.91 Å². The van der Waals surface area contributed by atoms with E-state index in [1.54, 1.807) is 0 Å². The van der Waals surface area contributed by atoms with Gasteiger partial charge in [0.25, 0.3) is 5.56 Å². The van der Waals surface area contributed by atoms with Crippen LogP contribution < -0.4 is 10.9 Å². The van der Waals surface area contributed by atoms with Gasteiger partial charge >= 0.3 is 6.03 Å². The van der Waals surface area contributed by atoms with E-state index in [1.807, 2.05) is 22.9 Å². The van der Waals surface area contributed by atoms with Crippen LogP contribution in [0.1, 0.15) is 90.6 Å². The fraction of sp³-hybridized carbons (Fsp3) is 0.622. The van der Waals surface area contributed by atoms with Crippen molar-refractivity contribution < 1.29 is 9.59 Å². The van der Waals surface area contributed by atoms with Gasteiger partial charge in [0.05, 0.1) is 11.7 Å². The summed E-state index contributed by atoms with van der Waals surface area (Å²) in [7, 11) is 2.19. The number of piperazine rings is 1. The first kappa shape index (κ1) is 31.6. The number of amides is 3. The van der Waals surface area contributed by atoms with E-state index in [4.69, 9.17) is 0 Å². The summed E-state index contributed by atoms with van der Waals surface area (Å²) in [5.41, 5.74) is 6.55. The first-order valence-corrected chi connectivity index (χ1v) is 18.3. The molecule has 48 heavy (non-hydrogen) atoms. The van der Waals surface area contributed by atoms with Crippen molar-refractivity contribution in [3.63, 3.8) is 0 Å². The molecule has 4 fully saturated rings. The summed E-state index contributed by atoms with van der Waals surface area (Å²) in [6.07, 6.45) is 9.68. The monoisotopic (exact) mass is 654 g/mol.